The van der Waals surface area contributed by atoms with Crippen LogP contribution in [-0.4, -0.2) is 21.0 Å². The van der Waals surface area contributed by atoms with E-state index in [2.05, 4.69) is 10.1 Å². The molecule has 1 aliphatic heterocycles. The first-order valence-electron chi connectivity index (χ1n) is 6.50. The summed E-state index contributed by atoms with van der Waals surface area (Å²) in [6.45, 7) is 0. The van der Waals surface area contributed by atoms with Gasteiger partial charge >= 0.3 is 0 Å². The Morgan fingerprint density at radius 3 is 2.95 bits per heavy atom. The summed E-state index contributed by atoms with van der Waals surface area (Å²) in [6, 6.07) is 9.54. The van der Waals surface area contributed by atoms with Crippen LogP contribution in [0.4, 0.5) is 0 Å². The molecule has 1 aromatic heterocycles. The highest BCUT2D eigenvalue weighted by Gasteiger charge is 2.23. The van der Waals surface area contributed by atoms with Gasteiger partial charge in [0.1, 0.15) is 0 Å². The molecule has 2 aromatic rings. The lowest BCUT2D eigenvalue weighted by Crippen LogP contribution is -2.02. The van der Waals surface area contributed by atoms with Crippen LogP contribution in [0.1, 0.15) is 41.5 Å². The monoisotopic (exact) mass is 276 g/mol. The molecule has 2 atom stereocenters. The molecule has 4 nitrogen and oxygen atoms in total. The number of rotatable bonds is 4. The van der Waals surface area contributed by atoms with E-state index in [0.29, 0.717) is 17.6 Å². The first-order chi connectivity index (χ1) is 9.33. The fraction of sp³-hybridized carbons (Fsp3) is 0.429. The van der Waals surface area contributed by atoms with E-state index in [1.165, 1.54) is 12.2 Å². The topological polar surface area (TPSA) is 59.2 Å². The van der Waals surface area contributed by atoms with Gasteiger partial charge in [0.15, 0.2) is 5.82 Å². The van der Waals surface area contributed by atoms with Crippen molar-refractivity contribution in [3.05, 3.63) is 47.6 Å². The first kappa shape index (κ1) is 12.7. The van der Waals surface area contributed by atoms with E-state index in [9.17, 15) is 5.11 Å². The van der Waals surface area contributed by atoms with Crippen molar-refractivity contribution in [3.8, 4) is 0 Å². The highest BCUT2D eigenvalue weighted by atomic mass is 32.2. The van der Waals surface area contributed by atoms with Gasteiger partial charge in [-0.3, -0.25) is 0 Å². The maximum absolute atomic E-state index is 10.1. The van der Waals surface area contributed by atoms with E-state index < -0.39 is 6.10 Å². The van der Waals surface area contributed by atoms with Crippen LogP contribution >= 0.6 is 11.8 Å². The zero-order valence-corrected chi connectivity index (χ0v) is 11.3. The number of aliphatic hydroxyl groups is 1. The molecular weight excluding hydrogens is 260 g/mol. The molecule has 3 rings (SSSR count). The number of aromatic nitrogens is 2. The third-order valence-electron chi connectivity index (χ3n) is 3.25. The van der Waals surface area contributed by atoms with E-state index in [1.807, 2.05) is 42.1 Å². The van der Waals surface area contributed by atoms with Crippen molar-refractivity contribution >= 4 is 11.8 Å². The molecule has 1 saturated heterocycles. The lowest BCUT2D eigenvalue weighted by Gasteiger charge is -2.07. The highest BCUT2D eigenvalue weighted by Crippen LogP contribution is 2.38. The second-order valence-electron chi connectivity index (χ2n) is 4.68. The number of hydrogen-bond acceptors (Lipinski definition) is 5. The molecule has 1 N–H and O–H groups in total. The molecule has 0 aliphatic carbocycles. The Bertz CT molecular complexity index is 523. The molecule has 0 bridgehead atoms. The van der Waals surface area contributed by atoms with Gasteiger partial charge in [0.25, 0.3) is 0 Å². The van der Waals surface area contributed by atoms with Crippen molar-refractivity contribution in [3.63, 3.8) is 0 Å². The van der Waals surface area contributed by atoms with Crippen molar-refractivity contribution in [1.82, 2.24) is 10.1 Å². The second-order valence-corrected chi connectivity index (χ2v) is 5.99. The minimum Gasteiger partial charge on any atom is -0.388 e. The Morgan fingerprint density at radius 1 is 1.37 bits per heavy atom. The van der Waals surface area contributed by atoms with Crippen molar-refractivity contribution in [1.29, 1.82) is 0 Å². The number of aliphatic hydroxyl groups excluding tert-OH is 1. The fourth-order valence-corrected chi connectivity index (χ4v) is 3.42. The smallest absolute Gasteiger partial charge is 0.229 e. The molecule has 0 radical (unpaired) electrons. The van der Waals surface area contributed by atoms with Gasteiger partial charge in [-0.2, -0.15) is 16.7 Å². The molecule has 0 saturated carbocycles. The van der Waals surface area contributed by atoms with Gasteiger partial charge in [0.2, 0.25) is 5.89 Å². The molecule has 19 heavy (non-hydrogen) atoms. The Balaban J connectivity index is 1.66. The van der Waals surface area contributed by atoms with Gasteiger partial charge in [-0.1, -0.05) is 35.5 Å². The molecular formula is C14H16N2O2S. The van der Waals surface area contributed by atoms with Crippen LogP contribution in [0.15, 0.2) is 34.9 Å². The normalized spacial score (nSPS) is 20.6. The van der Waals surface area contributed by atoms with Gasteiger partial charge in [-0.05, 0) is 24.2 Å². The Morgan fingerprint density at radius 2 is 2.21 bits per heavy atom. The van der Waals surface area contributed by atoms with Crippen LogP contribution < -0.4 is 0 Å². The lowest BCUT2D eigenvalue weighted by molar-refractivity contribution is 0.164. The minimum atomic E-state index is -0.592. The Kier molecular flexibility index (Phi) is 3.84. The summed E-state index contributed by atoms with van der Waals surface area (Å²) in [5, 5.41) is 14.5. The van der Waals surface area contributed by atoms with E-state index >= 15 is 0 Å². The van der Waals surface area contributed by atoms with Crippen LogP contribution in [0.3, 0.4) is 0 Å². The molecule has 1 aromatic carbocycles. The third kappa shape index (κ3) is 2.98. The largest absolute Gasteiger partial charge is 0.388 e. The predicted octanol–water partition coefficient (Wildman–Crippen LogP) is 2.91. The van der Waals surface area contributed by atoms with Crippen LogP contribution in [-0.2, 0) is 6.42 Å². The molecule has 5 heteroatoms. The first-order valence-corrected chi connectivity index (χ1v) is 7.55. The Labute approximate surface area is 116 Å². The number of benzene rings is 1. The number of thioether (sulfide) groups is 1. The zero-order valence-electron chi connectivity index (χ0n) is 10.5. The second kappa shape index (κ2) is 5.75. The molecule has 0 amide bonds. The SMILES string of the molecule is OC(Cc1nc(C2CCCS2)no1)c1ccccc1. The van der Waals surface area contributed by atoms with Crippen molar-refractivity contribution < 1.29 is 9.63 Å². The van der Waals surface area contributed by atoms with E-state index in [0.717, 1.165) is 17.8 Å². The summed E-state index contributed by atoms with van der Waals surface area (Å²) >= 11 is 1.88. The number of hydrogen-bond donors (Lipinski definition) is 1. The van der Waals surface area contributed by atoms with Crippen LogP contribution in [0.25, 0.3) is 0 Å². The summed E-state index contributed by atoms with van der Waals surface area (Å²) in [4.78, 5) is 4.40. The summed E-state index contributed by atoms with van der Waals surface area (Å²) in [7, 11) is 0. The van der Waals surface area contributed by atoms with Gasteiger partial charge in [0, 0.05) is 0 Å². The van der Waals surface area contributed by atoms with Crippen molar-refractivity contribution in [2.24, 2.45) is 0 Å². The summed E-state index contributed by atoms with van der Waals surface area (Å²) in [5.41, 5.74) is 0.873. The summed E-state index contributed by atoms with van der Waals surface area (Å²) in [6.07, 6.45) is 2.11. The van der Waals surface area contributed by atoms with Gasteiger partial charge in [0.05, 0.1) is 17.8 Å². The average molecular weight is 276 g/mol. The summed E-state index contributed by atoms with van der Waals surface area (Å²) in [5.74, 6) is 2.46. The van der Waals surface area contributed by atoms with Crippen LogP contribution in [0.2, 0.25) is 0 Å². The maximum Gasteiger partial charge on any atom is 0.229 e. The Hall–Kier alpha value is -1.33. The van der Waals surface area contributed by atoms with Gasteiger partial charge < -0.3 is 9.63 Å². The van der Waals surface area contributed by atoms with Gasteiger partial charge in [-0.25, -0.2) is 0 Å². The molecule has 1 aliphatic rings. The van der Waals surface area contributed by atoms with E-state index in [4.69, 9.17) is 4.52 Å². The lowest BCUT2D eigenvalue weighted by atomic mass is 10.1. The maximum atomic E-state index is 10.1. The summed E-state index contributed by atoms with van der Waals surface area (Å²) < 4.78 is 5.23. The molecule has 2 unspecified atom stereocenters. The van der Waals surface area contributed by atoms with Crippen LogP contribution in [0, 0.1) is 0 Å². The predicted molar refractivity (Wildman–Crippen MR) is 73.8 cm³/mol. The van der Waals surface area contributed by atoms with Crippen LogP contribution in [0.5, 0.6) is 0 Å². The number of nitrogens with zero attached hydrogens (tertiary/aromatic N) is 2. The van der Waals surface area contributed by atoms with Crippen molar-refractivity contribution in [2.45, 2.75) is 30.6 Å². The average Bonchev–Trinajstić information content (AvgIpc) is 3.10. The zero-order chi connectivity index (χ0) is 13.1. The molecule has 2 heterocycles. The third-order valence-corrected chi connectivity index (χ3v) is 4.63. The quantitative estimate of drug-likeness (QED) is 0.930. The minimum absolute atomic E-state index is 0.367. The molecule has 100 valence electrons. The van der Waals surface area contributed by atoms with Gasteiger partial charge in [-0.15, -0.1) is 0 Å². The standard InChI is InChI=1S/C14H16N2O2S/c17-11(10-5-2-1-3-6-10)9-13-15-14(16-18-13)12-7-4-8-19-12/h1-3,5-6,11-12,17H,4,7-9H2. The van der Waals surface area contributed by atoms with E-state index in [-0.39, 0.29) is 0 Å². The molecule has 0 spiro atoms. The van der Waals surface area contributed by atoms with E-state index in [1.54, 1.807) is 0 Å². The molecule has 1 fully saturated rings. The van der Waals surface area contributed by atoms with Crippen molar-refractivity contribution in [2.75, 3.05) is 5.75 Å². The fourth-order valence-electron chi connectivity index (χ4n) is 2.22. The highest BCUT2D eigenvalue weighted by molar-refractivity contribution is 7.99.